The van der Waals surface area contributed by atoms with Crippen molar-refractivity contribution in [2.45, 2.75) is 19.3 Å². The Kier molecular flexibility index (Phi) is 7.80. The number of ether oxygens (including phenoxy) is 2. The fourth-order valence-corrected chi connectivity index (χ4v) is 4.79. The van der Waals surface area contributed by atoms with Crippen LogP contribution in [0.2, 0.25) is 0 Å². The van der Waals surface area contributed by atoms with Gasteiger partial charge >= 0.3 is 6.36 Å². The third kappa shape index (κ3) is 6.64. The molecule has 4 aromatic rings. The van der Waals surface area contributed by atoms with Gasteiger partial charge in [-0.1, -0.05) is 97.1 Å². The number of alkyl halides is 3. The zero-order valence-corrected chi connectivity index (χ0v) is 20.8. The number of hydrogen-bond donors (Lipinski definition) is 0. The van der Waals surface area contributed by atoms with Crippen LogP contribution in [0.25, 0.3) is 16.7 Å². The highest BCUT2D eigenvalue weighted by Gasteiger charge is 2.31. The number of nitrogens with zero attached hydrogens (tertiary/aromatic N) is 1. The van der Waals surface area contributed by atoms with Gasteiger partial charge in [0.25, 0.3) is 0 Å². The van der Waals surface area contributed by atoms with Crippen molar-refractivity contribution in [2.24, 2.45) is 0 Å². The fourth-order valence-electron chi connectivity index (χ4n) is 4.79. The van der Waals surface area contributed by atoms with Gasteiger partial charge in [-0.2, -0.15) is 0 Å². The van der Waals surface area contributed by atoms with E-state index in [0.717, 1.165) is 41.1 Å². The SMILES string of the molecule is FC(F)(F)Oc1cccc(-c2ccccc2C/C(=C2\CN(Cc3ccccc3)CCO2)c2ccccc2)c1. The largest absolute Gasteiger partial charge is 0.573 e. The minimum atomic E-state index is -4.74. The molecule has 6 heteroatoms. The lowest BCUT2D eigenvalue weighted by Crippen LogP contribution is -2.35. The van der Waals surface area contributed by atoms with Crippen molar-refractivity contribution < 1.29 is 22.6 Å². The summed E-state index contributed by atoms with van der Waals surface area (Å²) in [6.07, 6.45) is -4.17. The van der Waals surface area contributed by atoms with Gasteiger partial charge in [-0.05, 0) is 39.9 Å². The van der Waals surface area contributed by atoms with Crippen LogP contribution in [0.5, 0.6) is 5.75 Å². The van der Waals surface area contributed by atoms with E-state index in [9.17, 15) is 13.2 Å². The molecular formula is C32H28F3NO2. The first kappa shape index (κ1) is 25.6. The van der Waals surface area contributed by atoms with Crippen molar-refractivity contribution in [1.29, 1.82) is 0 Å². The van der Waals surface area contributed by atoms with Crippen LogP contribution in [0.4, 0.5) is 13.2 Å². The predicted octanol–water partition coefficient (Wildman–Crippen LogP) is 7.74. The Morgan fingerprint density at radius 2 is 1.53 bits per heavy atom. The topological polar surface area (TPSA) is 21.7 Å². The summed E-state index contributed by atoms with van der Waals surface area (Å²) >= 11 is 0. The molecule has 0 N–H and O–H groups in total. The Balaban J connectivity index is 1.48. The van der Waals surface area contributed by atoms with Crippen LogP contribution in [0.3, 0.4) is 0 Å². The monoisotopic (exact) mass is 515 g/mol. The highest BCUT2D eigenvalue weighted by atomic mass is 19.4. The van der Waals surface area contributed by atoms with Crippen LogP contribution < -0.4 is 4.74 Å². The summed E-state index contributed by atoms with van der Waals surface area (Å²) in [6.45, 7) is 2.94. The summed E-state index contributed by atoms with van der Waals surface area (Å²) in [5, 5.41) is 0. The average molecular weight is 516 g/mol. The maximum Gasteiger partial charge on any atom is 0.573 e. The fraction of sp³-hybridized carbons (Fsp3) is 0.188. The molecule has 0 aliphatic carbocycles. The maximum absolute atomic E-state index is 12.8. The van der Waals surface area contributed by atoms with Crippen LogP contribution in [0.15, 0.2) is 115 Å². The highest BCUT2D eigenvalue weighted by Crippen LogP contribution is 2.34. The summed E-state index contributed by atoms with van der Waals surface area (Å²) in [7, 11) is 0. The number of halogens is 3. The van der Waals surface area contributed by atoms with E-state index in [1.807, 2.05) is 60.7 Å². The highest BCUT2D eigenvalue weighted by molar-refractivity contribution is 5.75. The Labute approximate surface area is 220 Å². The molecule has 0 atom stereocenters. The van der Waals surface area contributed by atoms with Crippen LogP contribution in [-0.4, -0.2) is 31.0 Å². The minimum Gasteiger partial charge on any atom is -0.495 e. The summed E-state index contributed by atoms with van der Waals surface area (Å²) in [4.78, 5) is 2.38. The molecule has 0 amide bonds. The van der Waals surface area contributed by atoms with Gasteiger partial charge in [0.1, 0.15) is 18.1 Å². The van der Waals surface area contributed by atoms with Gasteiger partial charge in [-0.15, -0.1) is 13.2 Å². The van der Waals surface area contributed by atoms with Crippen LogP contribution in [-0.2, 0) is 17.7 Å². The first-order valence-corrected chi connectivity index (χ1v) is 12.6. The lowest BCUT2D eigenvalue weighted by atomic mass is 9.91. The first-order chi connectivity index (χ1) is 18.4. The molecule has 0 saturated carbocycles. The van der Waals surface area contributed by atoms with Gasteiger partial charge in [-0.3, -0.25) is 4.90 Å². The molecule has 38 heavy (non-hydrogen) atoms. The van der Waals surface area contributed by atoms with Crippen LogP contribution in [0.1, 0.15) is 16.7 Å². The summed E-state index contributed by atoms with van der Waals surface area (Å²) in [5.41, 5.74) is 5.89. The Morgan fingerprint density at radius 3 is 2.29 bits per heavy atom. The molecule has 0 spiro atoms. The molecule has 194 valence electrons. The van der Waals surface area contributed by atoms with Gasteiger partial charge in [0.05, 0.1) is 6.54 Å². The van der Waals surface area contributed by atoms with Crippen molar-refractivity contribution in [3.05, 3.63) is 132 Å². The summed E-state index contributed by atoms with van der Waals surface area (Å²) in [6, 6.07) is 34.4. The van der Waals surface area contributed by atoms with Gasteiger partial charge in [0.15, 0.2) is 0 Å². The van der Waals surface area contributed by atoms with E-state index in [-0.39, 0.29) is 5.75 Å². The number of allylic oxidation sites excluding steroid dienone is 1. The standard InChI is InChI=1S/C32H28F3NO2/c33-32(34,35)38-28-16-9-15-26(20-28)29-17-8-7-14-27(29)21-30(25-12-5-2-6-13-25)31-23-36(18-19-37-31)22-24-10-3-1-4-11-24/h1-17,20H,18-19,21-23H2/b31-30-. The molecule has 1 fully saturated rings. The average Bonchev–Trinajstić information content (AvgIpc) is 2.92. The quantitative estimate of drug-likeness (QED) is 0.251. The van der Waals surface area contributed by atoms with Crippen LogP contribution >= 0.6 is 0 Å². The second kappa shape index (κ2) is 11.6. The Hall–Kier alpha value is -4.03. The van der Waals surface area contributed by atoms with Crippen molar-refractivity contribution in [1.82, 2.24) is 4.90 Å². The lowest BCUT2D eigenvalue weighted by Gasteiger charge is -2.31. The lowest BCUT2D eigenvalue weighted by molar-refractivity contribution is -0.274. The van der Waals surface area contributed by atoms with E-state index in [4.69, 9.17) is 4.74 Å². The van der Waals surface area contributed by atoms with E-state index in [2.05, 4.69) is 33.9 Å². The minimum absolute atomic E-state index is 0.237. The molecule has 1 aliphatic rings. The Morgan fingerprint density at radius 1 is 0.816 bits per heavy atom. The summed E-state index contributed by atoms with van der Waals surface area (Å²) < 4.78 is 49.0. The molecule has 3 nitrogen and oxygen atoms in total. The Bertz CT molecular complexity index is 1380. The zero-order chi connectivity index (χ0) is 26.4. The van der Waals surface area contributed by atoms with Crippen molar-refractivity contribution in [3.63, 3.8) is 0 Å². The molecular weight excluding hydrogens is 487 g/mol. The van der Waals surface area contributed by atoms with Crippen molar-refractivity contribution in [2.75, 3.05) is 19.7 Å². The second-order valence-electron chi connectivity index (χ2n) is 9.22. The third-order valence-electron chi connectivity index (χ3n) is 6.52. The van der Waals surface area contributed by atoms with Crippen molar-refractivity contribution >= 4 is 5.57 Å². The number of hydrogen-bond acceptors (Lipinski definition) is 3. The molecule has 0 aromatic heterocycles. The number of benzene rings is 4. The molecule has 0 bridgehead atoms. The zero-order valence-electron chi connectivity index (χ0n) is 20.8. The van der Waals surface area contributed by atoms with Gasteiger partial charge in [-0.25, -0.2) is 0 Å². The van der Waals surface area contributed by atoms with E-state index in [1.165, 1.54) is 17.7 Å². The summed E-state index contributed by atoms with van der Waals surface area (Å²) in [5.74, 6) is 0.681. The molecule has 0 unspecified atom stereocenters. The predicted molar refractivity (Wildman–Crippen MR) is 143 cm³/mol. The smallest absolute Gasteiger partial charge is 0.495 e. The molecule has 5 rings (SSSR count). The number of morpholine rings is 1. The van der Waals surface area contributed by atoms with Crippen molar-refractivity contribution in [3.8, 4) is 16.9 Å². The van der Waals surface area contributed by atoms with E-state index >= 15 is 0 Å². The molecule has 1 saturated heterocycles. The van der Waals surface area contributed by atoms with E-state index in [1.54, 1.807) is 12.1 Å². The first-order valence-electron chi connectivity index (χ1n) is 12.6. The van der Waals surface area contributed by atoms with E-state index < -0.39 is 6.36 Å². The third-order valence-corrected chi connectivity index (χ3v) is 6.52. The molecule has 0 radical (unpaired) electrons. The van der Waals surface area contributed by atoms with Crippen LogP contribution in [0, 0.1) is 0 Å². The molecule has 4 aromatic carbocycles. The normalized spacial score (nSPS) is 15.6. The maximum atomic E-state index is 12.8. The molecule has 1 heterocycles. The van der Waals surface area contributed by atoms with E-state index in [0.29, 0.717) is 25.1 Å². The molecule has 1 aliphatic heterocycles. The van der Waals surface area contributed by atoms with Gasteiger partial charge < -0.3 is 9.47 Å². The number of rotatable bonds is 7. The van der Waals surface area contributed by atoms with Gasteiger partial charge in [0.2, 0.25) is 0 Å². The second-order valence-corrected chi connectivity index (χ2v) is 9.22. The van der Waals surface area contributed by atoms with Gasteiger partial charge in [0, 0.05) is 25.1 Å².